The standard InChI is InChI=1S/C16H14FNO3/c17-10-3-1-2-9(6-10)15-7-16(15,8-15)14(21)13(20)11-4-5-12(19)18-11/h1-3,6,11H,4-5,7-8H2,(H,18,19). The summed E-state index contributed by atoms with van der Waals surface area (Å²) in [7, 11) is 0. The number of amides is 1. The molecule has 5 heteroatoms. The number of fused-ring (bicyclic) bond motifs is 1. The molecule has 2 saturated carbocycles. The summed E-state index contributed by atoms with van der Waals surface area (Å²) in [6, 6.07) is 5.60. The van der Waals surface area contributed by atoms with Gasteiger partial charge in [0.05, 0.1) is 6.04 Å². The van der Waals surface area contributed by atoms with Crippen molar-refractivity contribution in [1.29, 1.82) is 0 Å². The third-order valence-corrected chi connectivity index (χ3v) is 5.22. The van der Waals surface area contributed by atoms with Crippen LogP contribution in [0.25, 0.3) is 0 Å². The highest BCUT2D eigenvalue weighted by atomic mass is 19.1. The topological polar surface area (TPSA) is 63.2 Å². The fourth-order valence-corrected chi connectivity index (χ4v) is 3.74. The van der Waals surface area contributed by atoms with Crippen LogP contribution in [0.5, 0.6) is 0 Å². The van der Waals surface area contributed by atoms with Gasteiger partial charge in [-0.05, 0) is 37.0 Å². The highest BCUT2D eigenvalue weighted by Gasteiger charge is 2.87. The second-order valence-electron chi connectivity index (χ2n) is 6.38. The van der Waals surface area contributed by atoms with E-state index in [9.17, 15) is 18.8 Å². The van der Waals surface area contributed by atoms with Crippen LogP contribution in [-0.2, 0) is 19.8 Å². The largest absolute Gasteiger partial charge is 0.346 e. The summed E-state index contributed by atoms with van der Waals surface area (Å²) in [5, 5.41) is 2.55. The fourth-order valence-electron chi connectivity index (χ4n) is 3.74. The van der Waals surface area contributed by atoms with Gasteiger partial charge in [0.2, 0.25) is 17.5 Å². The molecule has 1 aromatic rings. The predicted octanol–water partition coefficient (Wildman–Crippen LogP) is 1.27. The first-order chi connectivity index (χ1) is 9.98. The third-order valence-electron chi connectivity index (χ3n) is 5.22. The summed E-state index contributed by atoms with van der Waals surface area (Å²) in [4.78, 5) is 35.8. The van der Waals surface area contributed by atoms with Crippen molar-refractivity contribution in [2.45, 2.75) is 37.1 Å². The maximum atomic E-state index is 13.3. The number of rotatable bonds is 4. The average molecular weight is 287 g/mol. The normalized spacial score (nSPS) is 35.9. The molecule has 4 rings (SSSR count). The molecule has 1 unspecified atom stereocenters. The van der Waals surface area contributed by atoms with E-state index in [1.807, 2.05) is 6.07 Å². The molecular weight excluding hydrogens is 273 g/mol. The molecule has 1 aromatic carbocycles. The zero-order valence-corrected chi connectivity index (χ0v) is 11.3. The molecule has 1 heterocycles. The molecule has 0 spiro atoms. The average Bonchev–Trinajstić information content (AvgIpc) is 3.23. The van der Waals surface area contributed by atoms with Gasteiger partial charge in [0.15, 0.2) is 0 Å². The van der Waals surface area contributed by atoms with E-state index in [1.54, 1.807) is 6.07 Å². The molecule has 4 nitrogen and oxygen atoms in total. The molecular formula is C16H14FNO3. The predicted molar refractivity (Wildman–Crippen MR) is 70.9 cm³/mol. The Morgan fingerprint density at radius 1 is 1.29 bits per heavy atom. The molecule has 0 radical (unpaired) electrons. The molecule has 1 atom stereocenters. The number of halogens is 1. The van der Waals surface area contributed by atoms with Gasteiger partial charge in [-0.1, -0.05) is 12.1 Å². The minimum absolute atomic E-state index is 0.179. The van der Waals surface area contributed by atoms with Crippen LogP contribution in [0.3, 0.4) is 0 Å². The summed E-state index contributed by atoms with van der Waals surface area (Å²) in [6.45, 7) is 0. The van der Waals surface area contributed by atoms with E-state index < -0.39 is 17.2 Å². The van der Waals surface area contributed by atoms with Crippen molar-refractivity contribution in [3.8, 4) is 0 Å². The van der Waals surface area contributed by atoms with Gasteiger partial charge in [-0.25, -0.2) is 4.39 Å². The molecule has 2 aliphatic carbocycles. The maximum Gasteiger partial charge on any atom is 0.221 e. The van der Waals surface area contributed by atoms with Crippen molar-refractivity contribution in [1.82, 2.24) is 5.32 Å². The van der Waals surface area contributed by atoms with Crippen LogP contribution < -0.4 is 5.32 Å². The Bertz CT molecular complexity index is 691. The van der Waals surface area contributed by atoms with E-state index in [4.69, 9.17) is 0 Å². The van der Waals surface area contributed by atoms with Gasteiger partial charge in [-0.3, -0.25) is 14.4 Å². The van der Waals surface area contributed by atoms with E-state index in [1.165, 1.54) is 12.1 Å². The van der Waals surface area contributed by atoms with Crippen LogP contribution in [0, 0.1) is 11.2 Å². The Labute approximate surface area is 120 Å². The van der Waals surface area contributed by atoms with Crippen molar-refractivity contribution in [2.24, 2.45) is 5.41 Å². The van der Waals surface area contributed by atoms with Crippen LogP contribution in [0.2, 0.25) is 0 Å². The molecule has 3 aliphatic rings. The van der Waals surface area contributed by atoms with Gasteiger partial charge < -0.3 is 5.32 Å². The zero-order valence-electron chi connectivity index (χ0n) is 11.3. The van der Waals surface area contributed by atoms with Crippen LogP contribution >= 0.6 is 0 Å². The Morgan fingerprint density at radius 2 is 2.05 bits per heavy atom. The summed E-state index contributed by atoms with van der Waals surface area (Å²) in [5.41, 5.74) is -0.144. The van der Waals surface area contributed by atoms with E-state index in [2.05, 4.69) is 5.32 Å². The first-order valence-corrected chi connectivity index (χ1v) is 7.13. The van der Waals surface area contributed by atoms with E-state index in [-0.39, 0.29) is 22.9 Å². The lowest BCUT2D eigenvalue weighted by atomic mass is 9.99. The lowest BCUT2D eigenvalue weighted by molar-refractivity contribution is -0.139. The number of ketones is 2. The first kappa shape index (κ1) is 12.7. The highest BCUT2D eigenvalue weighted by Crippen LogP contribution is 2.86. The van der Waals surface area contributed by atoms with E-state index in [0.717, 1.165) is 5.56 Å². The van der Waals surface area contributed by atoms with Gasteiger partial charge in [0.25, 0.3) is 0 Å². The van der Waals surface area contributed by atoms with Gasteiger partial charge in [0, 0.05) is 17.3 Å². The van der Waals surface area contributed by atoms with Crippen LogP contribution in [-0.4, -0.2) is 23.5 Å². The molecule has 3 fully saturated rings. The summed E-state index contributed by atoms with van der Waals surface area (Å²) < 4.78 is 13.3. The van der Waals surface area contributed by atoms with Gasteiger partial charge >= 0.3 is 0 Å². The number of Topliss-reactive ketones (excluding diaryl/α,β-unsaturated/α-hetero) is 2. The minimum Gasteiger partial charge on any atom is -0.346 e. The van der Waals surface area contributed by atoms with Crippen molar-refractivity contribution in [3.05, 3.63) is 35.6 Å². The zero-order chi connectivity index (χ0) is 14.8. The smallest absolute Gasteiger partial charge is 0.221 e. The number of carbonyl (C=O) groups is 3. The van der Waals surface area contributed by atoms with Gasteiger partial charge in [0.1, 0.15) is 5.82 Å². The van der Waals surface area contributed by atoms with E-state index in [0.29, 0.717) is 25.7 Å². The molecule has 21 heavy (non-hydrogen) atoms. The lowest BCUT2D eigenvalue weighted by Gasteiger charge is -2.08. The van der Waals surface area contributed by atoms with Crippen molar-refractivity contribution in [3.63, 3.8) is 0 Å². The van der Waals surface area contributed by atoms with Crippen LogP contribution in [0.1, 0.15) is 31.2 Å². The van der Waals surface area contributed by atoms with Crippen LogP contribution in [0.4, 0.5) is 4.39 Å². The SMILES string of the molecule is O=C1CCC(C(=O)C(=O)C23CC2(c2cccc(F)c2)C3)N1. The lowest BCUT2D eigenvalue weighted by Crippen LogP contribution is -2.39. The Balaban J connectivity index is 1.53. The number of hydrogen-bond donors (Lipinski definition) is 1. The van der Waals surface area contributed by atoms with Crippen LogP contribution in [0.15, 0.2) is 24.3 Å². The molecule has 1 N–H and O–H groups in total. The Morgan fingerprint density at radius 3 is 2.67 bits per heavy atom. The molecule has 1 amide bonds. The first-order valence-electron chi connectivity index (χ1n) is 7.13. The summed E-state index contributed by atoms with van der Waals surface area (Å²) in [6.07, 6.45) is 1.93. The number of benzene rings is 1. The molecule has 0 aromatic heterocycles. The number of hydrogen-bond acceptors (Lipinski definition) is 3. The summed E-state index contributed by atoms with van der Waals surface area (Å²) >= 11 is 0. The molecule has 0 bridgehead atoms. The molecule has 108 valence electrons. The second-order valence-corrected chi connectivity index (χ2v) is 6.38. The van der Waals surface area contributed by atoms with Crippen molar-refractivity contribution < 1.29 is 18.8 Å². The Kier molecular flexibility index (Phi) is 2.28. The quantitative estimate of drug-likeness (QED) is 0.848. The van der Waals surface area contributed by atoms with Crippen molar-refractivity contribution >= 4 is 17.5 Å². The third kappa shape index (κ3) is 1.57. The second kappa shape index (κ2) is 3.78. The molecule has 1 saturated heterocycles. The highest BCUT2D eigenvalue weighted by molar-refractivity contribution is 6.43. The molecule has 1 aliphatic heterocycles. The minimum atomic E-state index is -0.661. The van der Waals surface area contributed by atoms with Gasteiger partial charge in [-0.2, -0.15) is 0 Å². The maximum absolute atomic E-state index is 13.3. The summed E-state index contributed by atoms with van der Waals surface area (Å²) in [5.74, 6) is -1.38. The van der Waals surface area contributed by atoms with Crippen molar-refractivity contribution in [2.75, 3.05) is 0 Å². The Hall–Kier alpha value is -2.04. The monoisotopic (exact) mass is 287 g/mol. The number of nitrogens with one attached hydrogen (secondary N) is 1. The van der Waals surface area contributed by atoms with Gasteiger partial charge in [-0.15, -0.1) is 0 Å². The fraction of sp³-hybridized carbons (Fsp3) is 0.438. The van der Waals surface area contributed by atoms with E-state index >= 15 is 0 Å². The number of carbonyl (C=O) groups excluding carboxylic acids is 3.